The molecule has 0 bridgehead atoms. The molecule has 0 aromatic carbocycles. The van der Waals surface area contributed by atoms with E-state index in [0.29, 0.717) is 5.92 Å². The summed E-state index contributed by atoms with van der Waals surface area (Å²) in [5.74, 6) is 0.543. The highest BCUT2D eigenvalue weighted by Crippen LogP contribution is 2.19. The van der Waals surface area contributed by atoms with Crippen molar-refractivity contribution in [2.75, 3.05) is 19.8 Å². The quantitative estimate of drug-likeness (QED) is 0.341. The average Bonchev–Trinajstić information content (AvgIpc) is 2.29. The van der Waals surface area contributed by atoms with Gasteiger partial charge in [-0.15, -0.1) is 0 Å². The van der Waals surface area contributed by atoms with Crippen molar-refractivity contribution in [3.05, 3.63) is 24.5 Å². The van der Waals surface area contributed by atoms with Crippen molar-refractivity contribution in [3.8, 4) is 0 Å². The third kappa shape index (κ3) is 11.7. The van der Waals surface area contributed by atoms with Gasteiger partial charge in [0.2, 0.25) is 0 Å². The first-order valence-electron chi connectivity index (χ1n) is 6.99. The van der Waals surface area contributed by atoms with E-state index in [0.717, 1.165) is 32.7 Å². The molecule has 1 unspecified atom stereocenters. The van der Waals surface area contributed by atoms with Crippen LogP contribution in [0.5, 0.6) is 0 Å². The van der Waals surface area contributed by atoms with E-state index >= 15 is 0 Å². The molecule has 0 N–H and O–H groups in total. The van der Waals surface area contributed by atoms with Gasteiger partial charge in [0.25, 0.3) is 0 Å². The molecule has 2 nitrogen and oxygen atoms in total. The molecule has 2 heteroatoms. The number of hydrogen-bond donors (Lipinski definition) is 0. The predicted octanol–water partition coefficient (Wildman–Crippen LogP) is 4.57. The summed E-state index contributed by atoms with van der Waals surface area (Å²) in [6, 6.07) is 0. The van der Waals surface area contributed by atoms with E-state index in [2.05, 4.69) is 32.9 Å². The fourth-order valence-corrected chi connectivity index (χ4v) is 1.52. The smallest absolute Gasteiger partial charge is 0.0878 e. The van der Waals surface area contributed by atoms with Crippen molar-refractivity contribution < 1.29 is 9.47 Å². The topological polar surface area (TPSA) is 18.5 Å². The molecule has 18 heavy (non-hydrogen) atoms. The Morgan fingerprint density at radius 1 is 1.11 bits per heavy atom. The summed E-state index contributed by atoms with van der Waals surface area (Å²) in [5.41, 5.74) is 0.244. The highest BCUT2D eigenvalue weighted by Gasteiger charge is 2.09. The average molecular weight is 254 g/mol. The molecule has 0 rings (SSSR count). The fraction of sp³-hybridized carbons (Fsp3) is 0.750. The lowest BCUT2D eigenvalue weighted by molar-refractivity contribution is 0.131. The van der Waals surface area contributed by atoms with Crippen LogP contribution in [0.2, 0.25) is 0 Å². The van der Waals surface area contributed by atoms with Gasteiger partial charge in [-0.25, -0.2) is 0 Å². The van der Waals surface area contributed by atoms with E-state index < -0.39 is 0 Å². The molecule has 0 saturated heterocycles. The molecule has 0 aliphatic carbocycles. The molecule has 0 aliphatic rings. The zero-order valence-corrected chi connectivity index (χ0v) is 12.7. The Labute approximate surface area is 113 Å². The molecule has 0 aliphatic heterocycles. The second-order valence-corrected chi connectivity index (χ2v) is 5.60. The van der Waals surface area contributed by atoms with Crippen LogP contribution in [0.3, 0.4) is 0 Å². The SMILES string of the molecule is CC=COCCC(C=CC(C)(C)C)CCOCC. The Kier molecular flexibility index (Phi) is 9.76. The normalized spacial score (nSPS) is 14.5. The van der Waals surface area contributed by atoms with Crippen LogP contribution in [-0.2, 0) is 9.47 Å². The molecular formula is C16H30O2. The molecular weight excluding hydrogens is 224 g/mol. The first-order valence-corrected chi connectivity index (χ1v) is 6.99. The van der Waals surface area contributed by atoms with Gasteiger partial charge < -0.3 is 9.47 Å². The van der Waals surface area contributed by atoms with Gasteiger partial charge in [0.15, 0.2) is 0 Å². The first kappa shape index (κ1) is 17.2. The third-order valence-electron chi connectivity index (χ3n) is 2.54. The van der Waals surface area contributed by atoms with Crippen molar-refractivity contribution in [1.82, 2.24) is 0 Å². The van der Waals surface area contributed by atoms with Gasteiger partial charge in [-0.05, 0) is 38.0 Å². The van der Waals surface area contributed by atoms with Crippen LogP contribution < -0.4 is 0 Å². The Morgan fingerprint density at radius 2 is 1.78 bits per heavy atom. The zero-order chi connectivity index (χ0) is 13.9. The van der Waals surface area contributed by atoms with Crippen molar-refractivity contribution in [3.63, 3.8) is 0 Å². The van der Waals surface area contributed by atoms with E-state index in [1.54, 1.807) is 6.26 Å². The van der Waals surface area contributed by atoms with Gasteiger partial charge in [0.1, 0.15) is 0 Å². The van der Waals surface area contributed by atoms with Crippen LogP contribution in [0.4, 0.5) is 0 Å². The Hall–Kier alpha value is -0.760. The van der Waals surface area contributed by atoms with E-state index in [1.807, 2.05) is 19.9 Å². The largest absolute Gasteiger partial charge is 0.502 e. The molecule has 0 saturated carbocycles. The molecule has 0 spiro atoms. The molecule has 0 amide bonds. The van der Waals surface area contributed by atoms with Gasteiger partial charge in [-0.2, -0.15) is 0 Å². The van der Waals surface area contributed by atoms with E-state index in [-0.39, 0.29) is 5.41 Å². The highest BCUT2D eigenvalue weighted by atomic mass is 16.5. The lowest BCUT2D eigenvalue weighted by Gasteiger charge is -2.16. The summed E-state index contributed by atoms with van der Waals surface area (Å²) in [6.07, 6.45) is 10.4. The van der Waals surface area contributed by atoms with Crippen molar-refractivity contribution in [2.45, 2.75) is 47.5 Å². The van der Waals surface area contributed by atoms with Crippen LogP contribution >= 0.6 is 0 Å². The Morgan fingerprint density at radius 3 is 2.33 bits per heavy atom. The predicted molar refractivity (Wildman–Crippen MR) is 78.6 cm³/mol. The molecule has 0 radical (unpaired) electrons. The maximum Gasteiger partial charge on any atom is 0.0878 e. The van der Waals surface area contributed by atoms with Crippen LogP contribution in [-0.4, -0.2) is 19.8 Å². The highest BCUT2D eigenvalue weighted by molar-refractivity contribution is 4.96. The van der Waals surface area contributed by atoms with Crippen molar-refractivity contribution in [1.29, 1.82) is 0 Å². The summed E-state index contributed by atoms with van der Waals surface area (Å²) >= 11 is 0. The Balaban J connectivity index is 4.11. The standard InChI is InChI=1S/C16H30O2/c1-6-12-18-14-10-15(9-13-17-7-2)8-11-16(3,4)5/h6,8,11-12,15H,7,9-10,13-14H2,1-5H3. The first-order chi connectivity index (χ1) is 8.49. The minimum atomic E-state index is 0.244. The lowest BCUT2D eigenvalue weighted by Crippen LogP contribution is -2.08. The van der Waals surface area contributed by atoms with Crippen LogP contribution in [0.25, 0.3) is 0 Å². The number of allylic oxidation sites excluding steroid dienone is 3. The van der Waals surface area contributed by atoms with E-state index in [1.165, 1.54) is 0 Å². The van der Waals surface area contributed by atoms with Gasteiger partial charge in [-0.1, -0.05) is 39.0 Å². The maximum atomic E-state index is 5.43. The molecule has 0 aromatic heterocycles. The molecule has 1 atom stereocenters. The lowest BCUT2D eigenvalue weighted by atomic mass is 9.92. The third-order valence-corrected chi connectivity index (χ3v) is 2.54. The number of ether oxygens (including phenoxy) is 2. The van der Waals surface area contributed by atoms with Crippen LogP contribution in [0.15, 0.2) is 24.5 Å². The van der Waals surface area contributed by atoms with Gasteiger partial charge in [0.05, 0.1) is 12.9 Å². The monoisotopic (exact) mass is 254 g/mol. The Bertz CT molecular complexity index is 236. The van der Waals surface area contributed by atoms with Crippen molar-refractivity contribution >= 4 is 0 Å². The van der Waals surface area contributed by atoms with Crippen LogP contribution in [0.1, 0.15) is 47.5 Å². The van der Waals surface area contributed by atoms with E-state index in [9.17, 15) is 0 Å². The molecule has 0 heterocycles. The fourth-order valence-electron chi connectivity index (χ4n) is 1.52. The number of rotatable bonds is 9. The minimum absolute atomic E-state index is 0.244. The summed E-state index contributed by atoms with van der Waals surface area (Å²) in [7, 11) is 0. The van der Waals surface area contributed by atoms with E-state index in [4.69, 9.17) is 9.47 Å². The summed E-state index contributed by atoms with van der Waals surface area (Å²) in [4.78, 5) is 0. The van der Waals surface area contributed by atoms with Crippen LogP contribution in [0, 0.1) is 11.3 Å². The number of hydrogen-bond acceptors (Lipinski definition) is 2. The van der Waals surface area contributed by atoms with Gasteiger partial charge in [0, 0.05) is 13.2 Å². The van der Waals surface area contributed by atoms with Gasteiger partial charge in [-0.3, -0.25) is 0 Å². The zero-order valence-electron chi connectivity index (χ0n) is 12.7. The minimum Gasteiger partial charge on any atom is -0.502 e. The summed E-state index contributed by atoms with van der Waals surface area (Å²) in [5, 5.41) is 0. The van der Waals surface area contributed by atoms with Crippen molar-refractivity contribution in [2.24, 2.45) is 11.3 Å². The summed E-state index contributed by atoms with van der Waals surface area (Å²) in [6.45, 7) is 13.1. The van der Waals surface area contributed by atoms with Gasteiger partial charge >= 0.3 is 0 Å². The molecule has 106 valence electrons. The second kappa shape index (κ2) is 10.2. The maximum absolute atomic E-state index is 5.43. The summed E-state index contributed by atoms with van der Waals surface area (Å²) < 4.78 is 10.8. The molecule has 0 fully saturated rings. The molecule has 0 aromatic rings. The second-order valence-electron chi connectivity index (χ2n) is 5.60.